The summed E-state index contributed by atoms with van der Waals surface area (Å²) >= 11 is 7.34. The Morgan fingerprint density at radius 1 is 0.929 bits per heavy atom. The lowest BCUT2D eigenvalue weighted by Crippen LogP contribution is -1.91. The highest BCUT2D eigenvalue weighted by Gasteiger charge is 2.03. The van der Waals surface area contributed by atoms with Crippen LogP contribution in [0.1, 0.15) is 11.1 Å². The third kappa shape index (κ3) is 4.44. The number of nitrogens with zero attached hydrogens (tertiary/aromatic N) is 3. The van der Waals surface area contributed by atoms with E-state index in [0.29, 0.717) is 5.88 Å². The first-order valence-corrected chi connectivity index (χ1v) is 10.1. The molecule has 0 aliphatic carbocycles. The molecule has 28 heavy (non-hydrogen) atoms. The maximum atomic E-state index is 5.81. The van der Waals surface area contributed by atoms with E-state index in [1.54, 1.807) is 12.4 Å². The summed E-state index contributed by atoms with van der Waals surface area (Å²) in [6.07, 6.45) is 3.58. The molecule has 0 fully saturated rings. The molecular formula is C22H17ClN4S. The standard InChI is InChI=1S/C22H17ClN4S/c23-12-17-8-11-20(24-13-17)19-9-6-16(7-10-19)14-25-27-22-26-21(15-28-22)18-4-2-1-3-5-18/h1-11,13-15H,12H2,(H,26,27). The van der Waals surface area contributed by atoms with E-state index < -0.39 is 0 Å². The minimum Gasteiger partial charge on any atom is -0.256 e. The van der Waals surface area contributed by atoms with E-state index in [0.717, 1.165) is 38.8 Å². The van der Waals surface area contributed by atoms with Crippen molar-refractivity contribution in [2.45, 2.75) is 5.88 Å². The Labute approximate surface area is 172 Å². The van der Waals surface area contributed by atoms with Crippen LogP contribution in [0.25, 0.3) is 22.5 Å². The van der Waals surface area contributed by atoms with Gasteiger partial charge in [0.15, 0.2) is 0 Å². The molecule has 0 aliphatic heterocycles. The van der Waals surface area contributed by atoms with Gasteiger partial charge in [0, 0.05) is 28.6 Å². The van der Waals surface area contributed by atoms with Crippen LogP contribution in [-0.4, -0.2) is 16.2 Å². The first kappa shape index (κ1) is 18.3. The van der Waals surface area contributed by atoms with Gasteiger partial charge in [0.2, 0.25) is 5.13 Å². The number of hydrogen-bond donors (Lipinski definition) is 1. The normalized spacial score (nSPS) is 11.0. The molecule has 0 saturated heterocycles. The molecule has 2 heterocycles. The molecule has 2 aromatic heterocycles. The Balaban J connectivity index is 1.39. The molecule has 138 valence electrons. The minimum atomic E-state index is 0.474. The van der Waals surface area contributed by atoms with Gasteiger partial charge >= 0.3 is 0 Å². The summed E-state index contributed by atoms with van der Waals surface area (Å²) in [7, 11) is 0. The van der Waals surface area contributed by atoms with Gasteiger partial charge in [0.05, 0.1) is 17.6 Å². The molecule has 4 rings (SSSR count). The second-order valence-electron chi connectivity index (χ2n) is 6.08. The number of thiazole rings is 1. The molecule has 2 aromatic carbocycles. The number of hydrazone groups is 1. The molecule has 0 aliphatic rings. The predicted octanol–water partition coefficient (Wildman–Crippen LogP) is 6.06. The molecule has 0 spiro atoms. The summed E-state index contributed by atoms with van der Waals surface area (Å²) in [6, 6.07) is 22.1. The largest absolute Gasteiger partial charge is 0.256 e. The van der Waals surface area contributed by atoms with Crippen LogP contribution >= 0.6 is 22.9 Å². The summed E-state index contributed by atoms with van der Waals surface area (Å²) in [4.78, 5) is 9.00. The Morgan fingerprint density at radius 3 is 2.43 bits per heavy atom. The van der Waals surface area contributed by atoms with E-state index in [2.05, 4.69) is 20.5 Å². The predicted molar refractivity (Wildman–Crippen MR) is 118 cm³/mol. The molecule has 1 N–H and O–H groups in total. The van der Waals surface area contributed by atoms with E-state index in [9.17, 15) is 0 Å². The van der Waals surface area contributed by atoms with Crippen molar-refractivity contribution < 1.29 is 0 Å². The highest BCUT2D eigenvalue weighted by Crippen LogP contribution is 2.24. The first-order valence-electron chi connectivity index (χ1n) is 8.73. The molecule has 0 unspecified atom stereocenters. The Bertz CT molecular complexity index is 1060. The van der Waals surface area contributed by atoms with Gasteiger partial charge in [-0.15, -0.1) is 22.9 Å². The molecule has 4 nitrogen and oxygen atoms in total. The van der Waals surface area contributed by atoms with Crippen molar-refractivity contribution in [1.82, 2.24) is 9.97 Å². The molecule has 0 bridgehead atoms. The average Bonchev–Trinajstić information content (AvgIpc) is 3.24. The maximum absolute atomic E-state index is 5.81. The van der Waals surface area contributed by atoms with Gasteiger partial charge in [0.25, 0.3) is 0 Å². The minimum absolute atomic E-state index is 0.474. The SMILES string of the molecule is ClCc1ccc(-c2ccc(C=NNc3nc(-c4ccccc4)cs3)cc2)nc1. The van der Waals surface area contributed by atoms with Crippen LogP contribution in [-0.2, 0) is 5.88 Å². The van der Waals surface area contributed by atoms with Crippen molar-refractivity contribution in [3.05, 3.63) is 89.4 Å². The number of hydrogen-bond acceptors (Lipinski definition) is 5. The van der Waals surface area contributed by atoms with Crippen LogP contribution in [0.2, 0.25) is 0 Å². The second-order valence-corrected chi connectivity index (χ2v) is 7.21. The first-order chi connectivity index (χ1) is 13.8. The lowest BCUT2D eigenvalue weighted by molar-refractivity contribution is 1.25. The van der Waals surface area contributed by atoms with Crippen LogP contribution < -0.4 is 5.43 Å². The Morgan fingerprint density at radius 2 is 1.71 bits per heavy atom. The number of pyridine rings is 1. The fourth-order valence-electron chi connectivity index (χ4n) is 2.64. The van der Waals surface area contributed by atoms with Crippen LogP contribution in [0.4, 0.5) is 5.13 Å². The van der Waals surface area contributed by atoms with Crippen molar-refractivity contribution in [3.8, 4) is 22.5 Å². The smallest absolute Gasteiger partial charge is 0.203 e. The van der Waals surface area contributed by atoms with Crippen molar-refractivity contribution in [3.63, 3.8) is 0 Å². The van der Waals surface area contributed by atoms with Gasteiger partial charge in [-0.3, -0.25) is 10.4 Å². The van der Waals surface area contributed by atoms with Gasteiger partial charge in [-0.2, -0.15) is 5.10 Å². The number of benzene rings is 2. The zero-order valence-corrected chi connectivity index (χ0v) is 16.5. The molecule has 0 radical (unpaired) electrons. The molecule has 0 saturated carbocycles. The van der Waals surface area contributed by atoms with E-state index >= 15 is 0 Å². The molecule has 0 atom stereocenters. The van der Waals surface area contributed by atoms with Crippen LogP contribution in [0, 0.1) is 0 Å². The molecule has 6 heteroatoms. The van der Waals surface area contributed by atoms with Crippen molar-refractivity contribution in [2.75, 3.05) is 5.43 Å². The van der Waals surface area contributed by atoms with E-state index in [1.165, 1.54) is 11.3 Å². The van der Waals surface area contributed by atoms with Crippen molar-refractivity contribution in [2.24, 2.45) is 5.10 Å². The van der Waals surface area contributed by atoms with Gasteiger partial charge in [-0.1, -0.05) is 60.7 Å². The number of rotatable bonds is 6. The highest BCUT2D eigenvalue weighted by atomic mass is 35.5. The van der Waals surface area contributed by atoms with Gasteiger partial charge in [-0.05, 0) is 17.2 Å². The second kappa shape index (κ2) is 8.78. The summed E-state index contributed by atoms with van der Waals surface area (Å²) < 4.78 is 0. The van der Waals surface area contributed by atoms with Crippen LogP contribution in [0.5, 0.6) is 0 Å². The monoisotopic (exact) mass is 404 g/mol. The fraction of sp³-hybridized carbons (Fsp3) is 0.0455. The number of nitrogens with one attached hydrogen (secondary N) is 1. The lowest BCUT2D eigenvalue weighted by Gasteiger charge is -2.02. The summed E-state index contributed by atoms with van der Waals surface area (Å²) in [6.45, 7) is 0. The summed E-state index contributed by atoms with van der Waals surface area (Å²) in [5, 5.41) is 7.06. The summed E-state index contributed by atoms with van der Waals surface area (Å²) in [5.41, 5.74) is 9.02. The fourth-order valence-corrected chi connectivity index (χ4v) is 3.47. The van der Waals surface area contributed by atoms with Gasteiger partial charge in [0.1, 0.15) is 0 Å². The summed E-state index contributed by atoms with van der Waals surface area (Å²) in [5.74, 6) is 0.474. The Hall–Kier alpha value is -3.02. The van der Waals surface area contributed by atoms with Crippen molar-refractivity contribution in [1.29, 1.82) is 0 Å². The number of anilines is 1. The van der Waals surface area contributed by atoms with Gasteiger partial charge in [-0.25, -0.2) is 4.98 Å². The Kier molecular flexibility index (Phi) is 5.75. The van der Waals surface area contributed by atoms with Crippen LogP contribution in [0.3, 0.4) is 0 Å². The molecule has 4 aromatic rings. The van der Waals surface area contributed by atoms with Crippen molar-refractivity contribution >= 4 is 34.3 Å². The van der Waals surface area contributed by atoms with E-state index in [-0.39, 0.29) is 0 Å². The number of aromatic nitrogens is 2. The van der Waals surface area contributed by atoms with E-state index in [4.69, 9.17) is 11.6 Å². The average molecular weight is 405 g/mol. The van der Waals surface area contributed by atoms with Crippen LogP contribution in [0.15, 0.2) is 83.4 Å². The molecule has 0 amide bonds. The van der Waals surface area contributed by atoms with Gasteiger partial charge < -0.3 is 0 Å². The zero-order chi connectivity index (χ0) is 19.2. The lowest BCUT2D eigenvalue weighted by atomic mass is 10.1. The highest BCUT2D eigenvalue weighted by molar-refractivity contribution is 7.14. The third-order valence-corrected chi connectivity index (χ3v) is 5.19. The third-order valence-electron chi connectivity index (χ3n) is 4.13. The number of alkyl halides is 1. The zero-order valence-electron chi connectivity index (χ0n) is 14.9. The quantitative estimate of drug-likeness (QED) is 0.241. The topological polar surface area (TPSA) is 50.2 Å². The number of halogens is 1. The maximum Gasteiger partial charge on any atom is 0.203 e. The van der Waals surface area contributed by atoms with E-state index in [1.807, 2.05) is 72.1 Å². The molecular weight excluding hydrogens is 388 g/mol.